The highest BCUT2D eigenvalue weighted by Crippen LogP contribution is 2.51. The molecule has 0 unspecified atom stereocenters. The summed E-state index contributed by atoms with van der Waals surface area (Å²) in [5.41, 5.74) is 0.952. The minimum absolute atomic E-state index is 0.203. The van der Waals surface area contributed by atoms with E-state index < -0.39 is 18.0 Å². The van der Waals surface area contributed by atoms with Crippen molar-refractivity contribution in [2.75, 3.05) is 7.11 Å². The molecule has 0 bridgehead atoms. The van der Waals surface area contributed by atoms with Gasteiger partial charge in [0.1, 0.15) is 17.2 Å². The molecule has 0 amide bonds. The number of rotatable bonds is 5. The van der Waals surface area contributed by atoms with Gasteiger partial charge in [0.05, 0.1) is 35.8 Å². The normalized spacial score (nSPS) is 20.6. The molecule has 3 aromatic rings. The quantitative estimate of drug-likeness (QED) is 0.531. The van der Waals surface area contributed by atoms with Gasteiger partial charge in [-0.15, -0.1) is 0 Å². The van der Waals surface area contributed by atoms with Crippen LogP contribution in [0.15, 0.2) is 54.6 Å². The van der Waals surface area contributed by atoms with Crippen molar-refractivity contribution in [1.82, 2.24) is 0 Å². The van der Waals surface area contributed by atoms with Crippen molar-refractivity contribution in [1.29, 1.82) is 0 Å². The van der Waals surface area contributed by atoms with E-state index in [1.165, 1.54) is 0 Å². The van der Waals surface area contributed by atoms with Crippen LogP contribution in [0, 0.1) is 0 Å². The molecule has 1 heterocycles. The maximum atomic E-state index is 13.8. The Balaban J connectivity index is 1.80. The maximum Gasteiger partial charge on any atom is 0.308 e. The van der Waals surface area contributed by atoms with Crippen LogP contribution >= 0.6 is 0 Å². The molecule has 5 rings (SSSR count). The molecule has 0 fully saturated rings. The summed E-state index contributed by atoms with van der Waals surface area (Å²) < 4.78 is 31.5. The van der Waals surface area contributed by atoms with Crippen molar-refractivity contribution in [2.45, 2.75) is 57.9 Å². The van der Waals surface area contributed by atoms with Crippen molar-refractivity contribution in [3.8, 4) is 17.2 Å². The van der Waals surface area contributed by atoms with E-state index in [2.05, 4.69) is 0 Å². The second-order valence-corrected chi connectivity index (χ2v) is 8.94. The molecular weight excluding hydrogens is 420 g/mol. The van der Waals surface area contributed by atoms with Crippen LogP contribution in [-0.4, -0.2) is 37.3 Å². The first-order valence-electron chi connectivity index (χ1n) is 11.3. The van der Waals surface area contributed by atoms with Crippen LogP contribution in [0.4, 0.5) is 0 Å². The third kappa shape index (κ3) is 3.36. The maximum absolute atomic E-state index is 13.8. The number of hydrogen-bond acceptors (Lipinski definition) is 6. The van der Waals surface area contributed by atoms with Gasteiger partial charge in [-0.05, 0) is 51.3 Å². The summed E-state index contributed by atoms with van der Waals surface area (Å²) in [7, 11) is 1.54. The Morgan fingerprint density at radius 1 is 0.848 bits per heavy atom. The zero-order valence-corrected chi connectivity index (χ0v) is 19.5. The van der Waals surface area contributed by atoms with E-state index in [1.807, 2.05) is 76.2 Å². The zero-order chi connectivity index (χ0) is 23.3. The van der Waals surface area contributed by atoms with Crippen LogP contribution in [0.3, 0.4) is 0 Å². The number of hydrogen-bond donors (Lipinski definition) is 0. The van der Waals surface area contributed by atoms with Crippen LogP contribution in [0.1, 0.15) is 43.6 Å². The van der Waals surface area contributed by atoms with Crippen molar-refractivity contribution in [3.63, 3.8) is 0 Å². The van der Waals surface area contributed by atoms with Crippen LogP contribution in [-0.2, 0) is 15.3 Å². The van der Waals surface area contributed by atoms with Gasteiger partial charge < -0.3 is 23.7 Å². The minimum Gasteiger partial charge on any atom is -0.496 e. The van der Waals surface area contributed by atoms with Crippen LogP contribution < -0.4 is 14.2 Å². The van der Waals surface area contributed by atoms with Crippen molar-refractivity contribution >= 4 is 16.6 Å². The largest absolute Gasteiger partial charge is 0.496 e. The van der Waals surface area contributed by atoms with E-state index >= 15 is 0 Å². The van der Waals surface area contributed by atoms with Crippen molar-refractivity contribution in [2.24, 2.45) is 0 Å². The molecule has 1 spiro atoms. The molecule has 1 aliphatic heterocycles. The summed E-state index contributed by atoms with van der Waals surface area (Å²) in [4.78, 5) is 13.8. The van der Waals surface area contributed by atoms with Gasteiger partial charge >= 0.3 is 5.79 Å². The Morgan fingerprint density at radius 3 is 2.03 bits per heavy atom. The lowest BCUT2D eigenvalue weighted by Crippen LogP contribution is -2.63. The summed E-state index contributed by atoms with van der Waals surface area (Å²) >= 11 is 0. The van der Waals surface area contributed by atoms with Gasteiger partial charge in [-0.1, -0.05) is 36.4 Å². The first-order valence-corrected chi connectivity index (χ1v) is 11.3. The fraction of sp³-hybridized carbons (Fsp3) is 0.370. The number of methoxy groups -OCH3 is 1. The number of carbonyl (C=O) groups is 1. The molecule has 6 nitrogen and oxygen atoms in total. The van der Waals surface area contributed by atoms with Gasteiger partial charge in [0.15, 0.2) is 18.0 Å². The standard InChI is InChI=1S/C27H28O6/c1-15(2)30-25-24(28)23-18(11-8-12-19(23)29-5)27(26(25)31-16(3)4)32-20-13-6-9-17-10-7-14-21(33-27)22(17)20/h6-16,25-26H,1-5H3/t25-,26-/m1/s1. The first-order chi connectivity index (χ1) is 15.9. The van der Waals surface area contributed by atoms with E-state index in [-0.39, 0.29) is 18.0 Å². The lowest BCUT2D eigenvalue weighted by atomic mass is 9.80. The summed E-state index contributed by atoms with van der Waals surface area (Å²) in [5.74, 6) is 0.124. The van der Waals surface area contributed by atoms with Gasteiger partial charge in [-0.3, -0.25) is 4.79 Å². The van der Waals surface area contributed by atoms with Crippen LogP contribution in [0.2, 0.25) is 0 Å². The van der Waals surface area contributed by atoms with Gasteiger partial charge in [-0.2, -0.15) is 0 Å². The third-order valence-corrected chi connectivity index (χ3v) is 5.96. The molecule has 3 aromatic carbocycles. The lowest BCUT2D eigenvalue weighted by molar-refractivity contribution is -0.255. The highest BCUT2D eigenvalue weighted by Gasteiger charge is 2.61. The smallest absolute Gasteiger partial charge is 0.308 e. The van der Waals surface area contributed by atoms with E-state index in [1.54, 1.807) is 13.2 Å². The summed E-state index contributed by atoms with van der Waals surface area (Å²) in [6.07, 6.45) is -2.22. The first kappa shape index (κ1) is 21.7. The van der Waals surface area contributed by atoms with Crippen molar-refractivity contribution < 1.29 is 28.5 Å². The number of ether oxygens (including phenoxy) is 5. The monoisotopic (exact) mass is 448 g/mol. The Morgan fingerprint density at radius 2 is 1.45 bits per heavy atom. The van der Waals surface area contributed by atoms with Gasteiger partial charge in [0.2, 0.25) is 0 Å². The number of fused-ring (bicyclic) bond motifs is 2. The third-order valence-electron chi connectivity index (χ3n) is 5.96. The summed E-state index contributed by atoms with van der Waals surface area (Å²) in [6.45, 7) is 7.62. The molecule has 2 atom stereocenters. The molecule has 1 aliphatic carbocycles. The topological polar surface area (TPSA) is 63.2 Å². The molecular formula is C27H28O6. The fourth-order valence-electron chi connectivity index (χ4n) is 4.78. The summed E-state index contributed by atoms with van der Waals surface area (Å²) in [5, 5.41) is 1.89. The molecule has 172 valence electrons. The molecule has 2 aliphatic rings. The Labute approximate surface area is 193 Å². The second kappa shape index (κ2) is 8.04. The van der Waals surface area contributed by atoms with Gasteiger partial charge in [-0.25, -0.2) is 0 Å². The number of benzene rings is 3. The predicted molar refractivity (Wildman–Crippen MR) is 124 cm³/mol. The molecule has 0 aromatic heterocycles. The molecule has 0 saturated carbocycles. The Kier molecular flexibility index (Phi) is 5.30. The van der Waals surface area contributed by atoms with E-state index in [0.29, 0.717) is 28.4 Å². The average Bonchev–Trinajstić information content (AvgIpc) is 2.79. The molecule has 6 heteroatoms. The molecule has 0 radical (unpaired) electrons. The second-order valence-electron chi connectivity index (χ2n) is 8.94. The van der Waals surface area contributed by atoms with Gasteiger partial charge in [0.25, 0.3) is 0 Å². The highest BCUT2D eigenvalue weighted by molar-refractivity contribution is 6.05. The molecule has 33 heavy (non-hydrogen) atoms. The predicted octanol–water partition coefficient (Wildman–Crippen LogP) is 5.26. The van der Waals surface area contributed by atoms with E-state index in [4.69, 9.17) is 23.7 Å². The minimum atomic E-state index is -1.44. The molecule has 0 saturated heterocycles. The molecule has 0 N–H and O–H groups in total. The SMILES string of the molecule is COc1cccc2c1C(=O)[C@@H](OC(C)C)[C@@H](OC(C)C)C21Oc2cccc3cccc(c23)O1. The van der Waals surface area contributed by atoms with E-state index in [0.717, 1.165) is 10.8 Å². The van der Waals surface area contributed by atoms with Crippen LogP contribution in [0.25, 0.3) is 10.8 Å². The summed E-state index contributed by atoms with van der Waals surface area (Å²) in [6, 6.07) is 17.2. The van der Waals surface area contributed by atoms with Crippen molar-refractivity contribution in [3.05, 3.63) is 65.7 Å². The zero-order valence-electron chi connectivity index (χ0n) is 19.5. The fourth-order valence-corrected chi connectivity index (χ4v) is 4.78. The lowest BCUT2D eigenvalue weighted by Gasteiger charge is -2.49. The van der Waals surface area contributed by atoms with Gasteiger partial charge in [0, 0.05) is 0 Å². The average molecular weight is 449 g/mol. The number of carbonyl (C=O) groups excluding carboxylic acids is 1. The highest BCUT2D eigenvalue weighted by atomic mass is 16.7. The van der Waals surface area contributed by atoms with Crippen LogP contribution in [0.5, 0.6) is 17.2 Å². The number of ketones is 1. The number of Topliss-reactive ketones (excluding diaryl/α,β-unsaturated/α-hetero) is 1. The Hall–Kier alpha value is -3.09. The Bertz CT molecular complexity index is 1170. The van der Waals surface area contributed by atoms with E-state index in [9.17, 15) is 4.79 Å².